The number of carbonyl (C=O) groups excluding carboxylic acids is 1. The van der Waals surface area contributed by atoms with Crippen molar-refractivity contribution in [2.24, 2.45) is 0 Å². The first-order valence-electron chi connectivity index (χ1n) is 8.38. The predicted octanol–water partition coefficient (Wildman–Crippen LogP) is 3.57. The van der Waals surface area contributed by atoms with Crippen LogP contribution >= 0.6 is 12.4 Å². The fourth-order valence-corrected chi connectivity index (χ4v) is 3.00. The number of rotatable bonds is 5. The Hall–Kier alpha value is -1.72. The van der Waals surface area contributed by atoms with Gasteiger partial charge in [0, 0.05) is 5.39 Å². The van der Waals surface area contributed by atoms with Crippen molar-refractivity contribution in [1.29, 1.82) is 0 Å². The van der Waals surface area contributed by atoms with E-state index in [2.05, 4.69) is 10.6 Å². The molecule has 1 aromatic heterocycles. The molecule has 2 aromatic rings. The standard InChI is InChI=1S/C18H24N2O3.ClH/c1-3-22-15-9-6-7-13-11-16(23-17(13)15)12(2)20-18(21)14-8-4-5-10-19-14;/h6-7,9,11-12,14,19H,3-5,8,10H2,1-2H3,(H,20,21);1H. The average Bonchev–Trinajstić information content (AvgIpc) is 3.01. The Kier molecular flexibility index (Phi) is 6.52. The summed E-state index contributed by atoms with van der Waals surface area (Å²) < 4.78 is 11.5. The molecule has 6 heteroatoms. The van der Waals surface area contributed by atoms with Gasteiger partial charge in [0.15, 0.2) is 11.3 Å². The maximum atomic E-state index is 12.3. The molecule has 5 nitrogen and oxygen atoms in total. The molecule has 2 heterocycles. The summed E-state index contributed by atoms with van der Waals surface area (Å²) >= 11 is 0. The number of fused-ring (bicyclic) bond motifs is 1. The number of para-hydroxylation sites is 1. The van der Waals surface area contributed by atoms with E-state index in [0.717, 1.165) is 48.3 Å². The lowest BCUT2D eigenvalue weighted by Gasteiger charge is -2.24. The number of carbonyl (C=O) groups is 1. The van der Waals surface area contributed by atoms with E-state index in [0.29, 0.717) is 6.61 Å². The zero-order valence-electron chi connectivity index (χ0n) is 14.1. The van der Waals surface area contributed by atoms with Gasteiger partial charge in [0.2, 0.25) is 5.91 Å². The van der Waals surface area contributed by atoms with Crippen molar-refractivity contribution in [2.45, 2.75) is 45.2 Å². The van der Waals surface area contributed by atoms with Gasteiger partial charge in [-0.25, -0.2) is 0 Å². The first kappa shape index (κ1) is 18.6. The summed E-state index contributed by atoms with van der Waals surface area (Å²) in [5.41, 5.74) is 0.737. The molecule has 2 unspecified atom stereocenters. The molecule has 24 heavy (non-hydrogen) atoms. The summed E-state index contributed by atoms with van der Waals surface area (Å²) in [4.78, 5) is 12.3. The highest BCUT2D eigenvalue weighted by Crippen LogP contribution is 2.31. The van der Waals surface area contributed by atoms with Crippen LogP contribution in [0.3, 0.4) is 0 Å². The lowest BCUT2D eigenvalue weighted by Crippen LogP contribution is -2.47. The van der Waals surface area contributed by atoms with Crippen molar-refractivity contribution in [3.63, 3.8) is 0 Å². The topological polar surface area (TPSA) is 63.5 Å². The second-order valence-corrected chi connectivity index (χ2v) is 5.99. The Morgan fingerprint density at radius 3 is 3.00 bits per heavy atom. The minimum absolute atomic E-state index is 0. The third-order valence-electron chi connectivity index (χ3n) is 4.24. The van der Waals surface area contributed by atoms with Crippen molar-refractivity contribution >= 4 is 29.3 Å². The molecule has 2 N–H and O–H groups in total. The minimum atomic E-state index is -0.173. The first-order chi connectivity index (χ1) is 11.2. The van der Waals surface area contributed by atoms with Gasteiger partial charge in [-0.15, -0.1) is 12.4 Å². The maximum absolute atomic E-state index is 12.3. The average molecular weight is 353 g/mol. The van der Waals surface area contributed by atoms with E-state index in [1.54, 1.807) is 0 Å². The summed E-state index contributed by atoms with van der Waals surface area (Å²) in [5, 5.41) is 7.30. The zero-order valence-corrected chi connectivity index (χ0v) is 14.9. The number of piperidine rings is 1. The number of benzene rings is 1. The predicted molar refractivity (Wildman–Crippen MR) is 96.8 cm³/mol. The van der Waals surface area contributed by atoms with Crippen LogP contribution in [0.1, 0.15) is 44.9 Å². The van der Waals surface area contributed by atoms with E-state index in [1.807, 2.05) is 38.1 Å². The van der Waals surface area contributed by atoms with E-state index in [-0.39, 0.29) is 30.4 Å². The summed E-state index contributed by atoms with van der Waals surface area (Å²) in [6.45, 7) is 5.39. The SMILES string of the molecule is CCOc1cccc2cc(C(C)NC(=O)C3CCCCN3)oc12.Cl. The summed E-state index contributed by atoms with van der Waals surface area (Å²) in [6, 6.07) is 7.54. The highest BCUT2D eigenvalue weighted by molar-refractivity contribution is 5.85. The third kappa shape index (κ3) is 4.02. The molecule has 0 spiro atoms. The molecule has 0 bridgehead atoms. The van der Waals surface area contributed by atoms with Crippen molar-refractivity contribution in [2.75, 3.05) is 13.2 Å². The molecule has 0 saturated carbocycles. The second-order valence-electron chi connectivity index (χ2n) is 5.99. The van der Waals surface area contributed by atoms with Crippen molar-refractivity contribution in [3.05, 3.63) is 30.0 Å². The van der Waals surface area contributed by atoms with Crippen LogP contribution < -0.4 is 15.4 Å². The number of ether oxygens (including phenoxy) is 1. The van der Waals surface area contributed by atoms with Crippen LogP contribution in [0.2, 0.25) is 0 Å². The van der Waals surface area contributed by atoms with Crippen molar-refractivity contribution in [3.8, 4) is 5.75 Å². The second kappa shape index (κ2) is 8.40. The molecule has 3 rings (SSSR count). The molecule has 1 saturated heterocycles. The summed E-state index contributed by atoms with van der Waals surface area (Å²) in [6.07, 6.45) is 3.14. The van der Waals surface area contributed by atoms with E-state index in [9.17, 15) is 4.79 Å². The van der Waals surface area contributed by atoms with Crippen LogP contribution in [0.4, 0.5) is 0 Å². The maximum Gasteiger partial charge on any atom is 0.237 e. The van der Waals surface area contributed by atoms with Gasteiger partial charge in [-0.2, -0.15) is 0 Å². The number of hydrogen-bond donors (Lipinski definition) is 2. The van der Waals surface area contributed by atoms with Gasteiger partial charge in [0.25, 0.3) is 0 Å². The fraction of sp³-hybridized carbons (Fsp3) is 0.500. The van der Waals surface area contributed by atoms with Crippen molar-refractivity contribution < 1.29 is 13.9 Å². The lowest BCUT2D eigenvalue weighted by molar-refractivity contribution is -0.124. The quantitative estimate of drug-likeness (QED) is 0.863. The summed E-state index contributed by atoms with van der Waals surface area (Å²) in [7, 11) is 0. The van der Waals surface area contributed by atoms with Crippen LogP contribution in [0, 0.1) is 0 Å². The smallest absolute Gasteiger partial charge is 0.237 e. The Morgan fingerprint density at radius 1 is 1.46 bits per heavy atom. The molecule has 1 aromatic carbocycles. The van der Waals surface area contributed by atoms with E-state index in [4.69, 9.17) is 9.15 Å². The van der Waals surface area contributed by atoms with Gasteiger partial charge in [-0.3, -0.25) is 4.79 Å². The molecule has 0 aliphatic carbocycles. The Bertz CT molecular complexity index is 680. The van der Waals surface area contributed by atoms with Crippen molar-refractivity contribution in [1.82, 2.24) is 10.6 Å². The molecule has 132 valence electrons. The Labute approximate surface area is 148 Å². The normalized spacial score (nSPS) is 18.7. The third-order valence-corrected chi connectivity index (χ3v) is 4.24. The Morgan fingerprint density at radius 2 is 2.29 bits per heavy atom. The number of nitrogens with one attached hydrogen (secondary N) is 2. The molecular weight excluding hydrogens is 328 g/mol. The zero-order chi connectivity index (χ0) is 16.2. The van der Waals surface area contributed by atoms with Crippen LogP contribution in [0.5, 0.6) is 5.75 Å². The fourth-order valence-electron chi connectivity index (χ4n) is 3.00. The molecule has 1 aliphatic heterocycles. The monoisotopic (exact) mass is 352 g/mol. The minimum Gasteiger partial charge on any atom is -0.490 e. The van der Waals surface area contributed by atoms with E-state index >= 15 is 0 Å². The van der Waals surface area contributed by atoms with Gasteiger partial charge >= 0.3 is 0 Å². The largest absolute Gasteiger partial charge is 0.490 e. The molecular formula is C18H25ClN2O3. The van der Waals surface area contributed by atoms with Crippen LogP contribution in [0.25, 0.3) is 11.0 Å². The number of hydrogen-bond acceptors (Lipinski definition) is 4. The first-order valence-corrected chi connectivity index (χ1v) is 8.38. The van der Waals surface area contributed by atoms with Gasteiger partial charge in [-0.05, 0) is 45.4 Å². The van der Waals surface area contributed by atoms with Gasteiger partial charge in [-0.1, -0.05) is 18.6 Å². The molecule has 2 atom stereocenters. The molecule has 0 radical (unpaired) electrons. The van der Waals surface area contributed by atoms with Crippen LogP contribution in [-0.4, -0.2) is 25.1 Å². The highest BCUT2D eigenvalue weighted by Gasteiger charge is 2.23. The number of furan rings is 1. The van der Waals surface area contributed by atoms with E-state index in [1.165, 1.54) is 0 Å². The van der Waals surface area contributed by atoms with Gasteiger partial charge < -0.3 is 19.8 Å². The van der Waals surface area contributed by atoms with E-state index < -0.39 is 0 Å². The van der Waals surface area contributed by atoms with Gasteiger partial charge in [0.05, 0.1) is 18.7 Å². The van der Waals surface area contributed by atoms with Crippen LogP contribution in [-0.2, 0) is 4.79 Å². The molecule has 1 fully saturated rings. The van der Waals surface area contributed by atoms with Crippen LogP contribution in [0.15, 0.2) is 28.7 Å². The number of amides is 1. The number of halogens is 1. The highest BCUT2D eigenvalue weighted by atomic mass is 35.5. The molecule has 1 amide bonds. The molecule has 1 aliphatic rings. The summed E-state index contributed by atoms with van der Waals surface area (Å²) in [5.74, 6) is 1.53. The lowest BCUT2D eigenvalue weighted by atomic mass is 10.0. The van der Waals surface area contributed by atoms with Gasteiger partial charge in [0.1, 0.15) is 5.76 Å². The Balaban J connectivity index is 0.00000208.